The lowest BCUT2D eigenvalue weighted by Crippen LogP contribution is -2.18. The lowest BCUT2D eigenvalue weighted by molar-refractivity contribution is 0.0889. The van der Waals surface area contributed by atoms with Crippen LogP contribution in [0, 0.1) is 12.8 Å². The fraction of sp³-hybridized carbons (Fsp3) is 0.500. The van der Waals surface area contributed by atoms with Gasteiger partial charge in [-0.1, -0.05) is 36.9 Å². The van der Waals surface area contributed by atoms with Crippen molar-refractivity contribution in [3.8, 4) is 0 Å². The zero-order chi connectivity index (χ0) is 11.5. The summed E-state index contributed by atoms with van der Waals surface area (Å²) in [7, 11) is 0. The average Bonchev–Trinajstić information content (AvgIpc) is 2.32. The Morgan fingerprint density at radius 2 is 1.94 bits per heavy atom. The van der Waals surface area contributed by atoms with Crippen molar-refractivity contribution in [2.75, 3.05) is 0 Å². The van der Waals surface area contributed by atoms with E-state index < -0.39 is 0 Å². The Hall–Kier alpha value is -0.820. The molecule has 1 aliphatic rings. The summed E-state index contributed by atoms with van der Waals surface area (Å²) >= 11 is 5.95. The van der Waals surface area contributed by atoms with Gasteiger partial charge >= 0.3 is 0 Å². The predicted molar refractivity (Wildman–Crippen MR) is 67.1 cm³/mol. The third-order valence-corrected chi connectivity index (χ3v) is 3.68. The molecular weight excluding hydrogens is 220 g/mol. The van der Waals surface area contributed by atoms with Crippen LogP contribution in [-0.2, 0) is 0 Å². The SMILES string of the molecule is Cc1ccc(Cl)cc1C(=O)C1CCCCC1. The van der Waals surface area contributed by atoms with Gasteiger partial charge in [0.2, 0.25) is 0 Å². The van der Waals surface area contributed by atoms with Crippen LogP contribution in [-0.4, -0.2) is 5.78 Å². The summed E-state index contributed by atoms with van der Waals surface area (Å²) in [6, 6.07) is 5.58. The van der Waals surface area contributed by atoms with E-state index in [1.54, 1.807) is 0 Å². The number of ketones is 1. The van der Waals surface area contributed by atoms with Gasteiger partial charge in [-0.2, -0.15) is 0 Å². The molecule has 0 N–H and O–H groups in total. The summed E-state index contributed by atoms with van der Waals surface area (Å²) in [4.78, 5) is 12.3. The molecule has 0 saturated heterocycles. The van der Waals surface area contributed by atoms with Crippen molar-refractivity contribution >= 4 is 17.4 Å². The summed E-state index contributed by atoms with van der Waals surface area (Å²) < 4.78 is 0. The van der Waals surface area contributed by atoms with E-state index in [9.17, 15) is 4.79 Å². The fourth-order valence-corrected chi connectivity index (χ4v) is 2.62. The van der Waals surface area contributed by atoms with E-state index in [4.69, 9.17) is 11.6 Å². The van der Waals surface area contributed by atoms with Crippen molar-refractivity contribution < 1.29 is 4.79 Å². The van der Waals surface area contributed by atoms with Crippen molar-refractivity contribution in [1.82, 2.24) is 0 Å². The molecule has 1 nitrogen and oxygen atoms in total. The molecule has 1 aromatic rings. The summed E-state index contributed by atoms with van der Waals surface area (Å²) in [6.07, 6.45) is 5.75. The molecule has 0 aliphatic heterocycles. The minimum atomic E-state index is 0.228. The highest BCUT2D eigenvalue weighted by Gasteiger charge is 2.23. The molecule has 0 amide bonds. The van der Waals surface area contributed by atoms with Gasteiger partial charge in [0.25, 0.3) is 0 Å². The Morgan fingerprint density at radius 3 is 2.62 bits per heavy atom. The van der Waals surface area contributed by atoms with E-state index >= 15 is 0 Å². The molecule has 2 rings (SSSR count). The first-order valence-electron chi connectivity index (χ1n) is 5.99. The number of hydrogen-bond donors (Lipinski definition) is 0. The van der Waals surface area contributed by atoms with Crippen LogP contribution in [0.15, 0.2) is 18.2 Å². The van der Waals surface area contributed by atoms with Gasteiger partial charge in [0, 0.05) is 16.5 Å². The van der Waals surface area contributed by atoms with Crippen LogP contribution in [0.1, 0.15) is 48.0 Å². The monoisotopic (exact) mass is 236 g/mol. The molecule has 1 fully saturated rings. The summed E-state index contributed by atoms with van der Waals surface area (Å²) in [5, 5.41) is 0.657. The first-order chi connectivity index (χ1) is 7.68. The van der Waals surface area contributed by atoms with E-state index in [-0.39, 0.29) is 5.92 Å². The lowest BCUT2D eigenvalue weighted by Gasteiger charge is -2.21. The van der Waals surface area contributed by atoms with Crippen LogP contribution in [0.4, 0.5) is 0 Å². The zero-order valence-electron chi connectivity index (χ0n) is 9.63. The minimum absolute atomic E-state index is 0.228. The highest BCUT2D eigenvalue weighted by atomic mass is 35.5. The van der Waals surface area contributed by atoms with E-state index in [1.165, 1.54) is 19.3 Å². The molecule has 0 bridgehead atoms. The Kier molecular flexibility index (Phi) is 3.65. The maximum Gasteiger partial charge on any atom is 0.166 e. The van der Waals surface area contributed by atoms with Gasteiger partial charge in [-0.05, 0) is 37.5 Å². The molecule has 0 unspecified atom stereocenters. The van der Waals surface area contributed by atoms with Crippen LogP contribution in [0.25, 0.3) is 0 Å². The van der Waals surface area contributed by atoms with Crippen molar-refractivity contribution in [1.29, 1.82) is 0 Å². The van der Waals surface area contributed by atoms with Crippen molar-refractivity contribution in [2.45, 2.75) is 39.0 Å². The second kappa shape index (κ2) is 5.01. The van der Waals surface area contributed by atoms with Gasteiger partial charge in [0.1, 0.15) is 0 Å². The van der Waals surface area contributed by atoms with Gasteiger partial charge in [-0.25, -0.2) is 0 Å². The number of carbonyl (C=O) groups excluding carboxylic acids is 1. The lowest BCUT2D eigenvalue weighted by atomic mass is 9.83. The van der Waals surface area contributed by atoms with E-state index in [2.05, 4.69) is 0 Å². The number of rotatable bonds is 2. The van der Waals surface area contributed by atoms with Crippen LogP contribution in [0.2, 0.25) is 5.02 Å². The zero-order valence-corrected chi connectivity index (χ0v) is 10.4. The smallest absolute Gasteiger partial charge is 0.166 e. The van der Waals surface area contributed by atoms with E-state index in [0.29, 0.717) is 10.8 Å². The minimum Gasteiger partial charge on any atom is -0.294 e. The third kappa shape index (κ3) is 2.46. The largest absolute Gasteiger partial charge is 0.294 e. The van der Waals surface area contributed by atoms with Crippen molar-refractivity contribution in [2.24, 2.45) is 5.92 Å². The van der Waals surface area contributed by atoms with Crippen LogP contribution in [0.3, 0.4) is 0 Å². The molecule has 16 heavy (non-hydrogen) atoms. The molecule has 1 saturated carbocycles. The molecule has 0 heterocycles. The van der Waals surface area contributed by atoms with Gasteiger partial charge in [0.05, 0.1) is 0 Å². The first-order valence-corrected chi connectivity index (χ1v) is 6.36. The average molecular weight is 237 g/mol. The van der Waals surface area contributed by atoms with Gasteiger partial charge < -0.3 is 0 Å². The fourth-order valence-electron chi connectivity index (χ4n) is 2.44. The predicted octanol–water partition coefficient (Wildman–Crippen LogP) is 4.41. The molecule has 86 valence electrons. The summed E-state index contributed by atoms with van der Waals surface area (Å²) in [5.74, 6) is 0.519. The topological polar surface area (TPSA) is 17.1 Å². The molecule has 2 heteroatoms. The molecule has 0 aromatic heterocycles. The maximum atomic E-state index is 12.3. The highest BCUT2D eigenvalue weighted by molar-refractivity contribution is 6.31. The molecule has 1 aliphatic carbocycles. The van der Waals surface area contributed by atoms with Crippen LogP contribution >= 0.6 is 11.6 Å². The van der Waals surface area contributed by atoms with E-state index in [0.717, 1.165) is 24.0 Å². The van der Waals surface area contributed by atoms with Gasteiger partial charge in [-0.3, -0.25) is 4.79 Å². The van der Waals surface area contributed by atoms with Crippen molar-refractivity contribution in [3.63, 3.8) is 0 Å². The van der Waals surface area contributed by atoms with Gasteiger partial charge in [-0.15, -0.1) is 0 Å². The molecule has 0 spiro atoms. The number of halogens is 1. The third-order valence-electron chi connectivity index (χ3n) is 3.44. The maximum absolute atomic E-state index is 12.3. The van der Waals surface area contributed by atoms with Crippen LogP contribution in [0.5, 0.6) is 0 Å². The second-order valence-electron chi connectivity index (χ2n) is 4.66. The highest BCUT2D eigenvalue weighted by Crippen LogP contribution is 2.28. The normalized spacial score (nSPS) is 17.4. The first kappa shape index (κ1) is 11.7. The Labute approximate surface area is 102 Å². The summed E-state index contributed by atoms with van der Waals surface area (Å²) in [6.45, 7) is 1.98. The molecule has 0 atom stereocenters. The summed E-state index contributed by atoms with van der Waals surface area (Å²) in [5.41, 5.74) is 1.86. The Bertz CT molecular complexity index is 392. The second-order valence-corrected chi connectivity index (χ2v) is 5.09. The van der Waals surface area contributed by atoms with Gasteiger partial charge in [0.15, 0.2) is 5.78 Å². The van der Waals surface area contributed by atoms with E-state index in [1.807, 2.05) is 25.1 Å². The number of hydrogen-bond acceptors (Lipinski definition) is 1. The molecule has 1 aromatic carbocycles. The van der Waals surface area contributed by atoms with Crippen LogP contribution < -0.4 is 0 Å². The molecule has 0 radical (unpaired) electrons. The number of benzene rings is 1. The number of carbonyl (C=O) groups is 1. The quantitative estimate of drug-likeness (QED) is 0.695. The Balaban J connectivity index is 2.22. The number of aryl methyl sites for hydroxylation is 1. The van der Waals surface area contributed by atoms with Crippen molar-refractivity contribution in [3.05, 3.63) is 34.3 Å². The standard InChI is InChI=1S/C14H17ClO/c1-10-7-8-12(15)9-13(10)14(16)11-5-3-2-4-6-11/h7-9,11H,2-6H2,1H3. The molecular formula is C14H17ClO. The Morgan fingerprint density at radius 1 is 1.25 bits per heavy atom. The number of Topliss-reactive ketones (excluding diaryl/α,β-unsaturated/α-hetero) is 1.